The molecule has 68 valence electrons. The van der Waals surface area contributed by atoms with Gasteiger partial charge in [0.2, 0.25) is 0 Å². The van der Waals surface area contributed by atoms with Crippen molar-refractivity contribution in [3.63, 3.8) is 0 Å². The summed E-state index contributed by atoms with van der Waals surface area (Å²) in [5, 5.41) is 0. The summed E-state index contributed by atoms with van der Waals surface area (Å²) in [6.07, 6.45) is 4.43. The first kappa shape index (κ1) is 15.0. The zero-order valence-electron chi connectivity index (χ0n) is 9.15. The molecule has 0 rings (SSSR count). The van der Waals surface area contributed by atoms with Gasteiger partial charge in [-0.2, -0.15) is 6.42 Å². The largest absolute Gasteiger partial charge is 1.00 e. The summed E-state index contributed by atoms with van der Waals surface area (Å²) in [6.45, 7) is 11.1. The van der Waals surface area contributed by atoms with Crippen molar-refractivity contribution in [3.05, 3.63) is 6.92 Å². The van der Waals surface area contributed by atoms with Crippen LogP contribution < -0.4 is 18.9 Å². The van der Waals surface area contributed by atoms with E-state index in [9.17, 15) is 0 Å². The van der Waals surface area contributed by atoms with E-state index in [4.69, 9.17) is 4.74 Å². The van der Waals surface area contributed by atoms with Gasteiger partial charge in [0.15, 0.2) is 0 Å². The molecule has 2 heteroatoms. The van der Waals surface area contributed by atoms with E-state index in [2.05, 4.69) is 27.7 Å². The quantitative estimate of drug-likeness (QED) is 0.309. The second-order valence-electron chi connectivity index (χ2n) is 3.52. The summed E-state index contributed by atoms with van der Waals surface area (Å²) < 4.78 is 5.65. The molecule has 0 aromatic carbocycles. The molecule has 0 fully saturated rings. The zero-order valence-corrected chi connectivity index (χ0v) is 9.15. The van der Waals surface area contributed by atoms with Crippen molar-refractivity contribution in [1.82, 2.24) is 0 Å². The van der Waals surface area contributed by atoms with Crippen LogP contribution in [0.15, 0.2) is 0 Å². The van der Waals surface area contributed by atoms with Gasteiger partial charge in [0, 0.05) is 6.61 Å². The van der Waals surface area contributed by atoms with E-state index >= 15 is 0 Å². The van der Waals surface area contributed by atoms with Gasteiger partial charge in [-0.1, -0.05) is 13.3 Å². The van der Waals surface area contributed by atoms with Crippen molar-refractivity contribution < 1.29 is 23.6 Å². The van der Waals surface area contributed by atoms with Crippen LogP contribution in [-0.4, -0.2) is 12.2 Å². The van der Waals surface area contributed by atoms with Gasteiger partial charge in [0.1, 0.15) is 0 Å². The monoisotopic (exact) mass is 164 g/mol. The molecule has 0 bridgehead atoms. The predicted molar refractivity (Wildman–Crippen MR) is 49.5 cm³/mol. The van der Waals surface area contributed by atoms with Gasteiger partial charge in [-0.3, -0.25) is 0 Å². The molecule has 0 amide bonds. The topological polar surface area (TPSA) is 9.23 Å². The van der Waals surface area contributed by atoms with Gasteiger partial charge in [-0.15, -0.1) is 0 Å². The van der Waals surface area contributed by atoms with Gasteiger partial charge in [-0.25, -0.2) is 0 Å². The molecular weight excluding hydrogens is 143 g/mol. The normalized spacial score (nSPS) is 11.0. The number of unbranched alkanes of at least 4 members (excludes halogenated alkanes) is 2. The Bertz CT molecular complexity index is 91.8. The Hall–Kier alpha value is 0.557. The maximum atomic E-state index is 5.65. The third-order valence-electron chi connectivity index (χ3n) is 1.99. The number of rotatable bonds is 6. The summed E-state index contributed by atoms with van der Waals surface area (Å²) in [6, 6.07) is 0. The summed E-state index contributed by atoms with van der Waals surface area (Å²) in [5.74, 6) is 0. The maximum Gasteiger partial charge on any atom is 1.00 e. The van der Waals surface area contributed by atoms with Crippen molar-refractivity contribution in [2.75, 3.05) is 6.61 Å². The zero-order chi connectivity index (χ0) is 8.74. The molecule has 0 aromatic rings. The van der Waals surface area contributed by atoms with Crippen LogP contribution in [-0.2, 0) is 4.74 Å². The van der Waals surface area contributed by atoms with Crippen LogP contribution in [0.1, 0.15) is 46.5 Å². The predicted octanol–water partition coefficient (Wildman–Crippen LogP) is 0.200. The van der Waals surface area contributed by atoms with E-state index in [-0.39, 0.29) is 24.5 Å². The van der Waals surface area contributed by atoms with E-state index in [1.54, 1.807) is 0 Å². The molecule has 0 atom stereocenters. The van der Waals surface area contributed by atoms with Crippen molar-refractivity contribution in [3.8, 4) is 0 Å². The molecule has 0 unspecified atom stereocenters. The van der Waals surface area contributed by atoms with Crippen molar-refractivity contribution in [2.45, 2.75) is 52.1 Å². The van der Waals surface area contributed by atoms with Gasteiger partial charge in [0.05, 0.1) is 5.60 Å². The van der Waals surface area contributed by atoms with Crippen molar-refractivity contribution in [2.24, 2.45) is 0 Å². The Kier molecular flexibility index (Phi) is 10.2. The standard InChI is InChI=1S/C10H21O.Li/c1-5-7-8-9-11-10(3,4)6-2;/h1,5-9H2,2-4H3;/q-1;+1. The molecule has 0 saturated heterocycles. The molecule has 0 aliphatic carbocycles. The van der Waals surface area contributed by atoms with Crippen LogP contribution in [0.2, 0.25) is 0 Å². The van der Waals surface area contributed by atoms with Crippen molar-refractivity contribution in [1.29, 1.82) is 0 Å². The molecule has 0 heterocycles. The molecule has 0 saturated carbocycles. The number of hydrogen-bond acceptors (Lipinski definition) is 1. The molecule has 12 heavy (non-hydrogen) atoms. The molecule has 0 aromatic heterocycles. The Morgan fingerprint density at radius 1 is 1.25 bits per heavy atom. The Morgan fingerprint density at radius 2 is 1.83 bits per heavy atom. The first-order chi connectivity index (χ1) is 5.12. The van der Waals surface area contributed by atoms with E-state index < -0.39 is 0 Å². The Labute approximate surface area is 89.4 Å². The Balaban J connectivity index is 0. The third-order valence-corrected chi connectivity index (χ3v) is 1.99. The minimum absolute atomic E-state index is 0. The van der Waals surface area contributed by atoms with Crippen LogP contribution in [0.4, 0.5) is 0 Å². The first-order valence-electron chi connectivity index (χ1n) is 4.55. The molecular formula is C10H21LiO. The van der Waals surface area contributed by atoms with Gasteiger partial charge in [0.25, 0.3) is 0 Å². The van der Waals surface area contributed by atoms with Crippen LogP contribution >= 0.6 is 0 Å². The average molecular weight is 164 g/mol. The second kappa shape index (κ2) is 8.17. The summed E-state index contributed by atoms with van der Waals surface area (Å²) in [5.41, 5.74) is 0.0706. The number of ether oxygens (including phenoxy) is 1. The van der Waals surface area contributed by atoms with Crippen molar-refractivity contribution >= 4 is 0 Å². The van der Waals surface area contributed by atoms with Gasteiger partial charge >= 0.3 is 18.9 Å². The number of hydrogen-bond donors (Lipinski definition) is 0. The van der Waals surface area contributed by atoms with E-state index in [0.29, 0.717) is 0 Å². The minimum Gasteiger partial charge on any atom is -0.376 e. The minimum atomic E-state index is 0. The summed E-state index contributed by atoms with van der Waals surface area (Å²) in [4.78, 5) is 0. The SMILES string of the molecule is [CH2-]CCCCOC(C)(C)CC.[Li+]. The van der Waals surface area contributed by atoms with Gasteiger partial charge < -0.3 is 11.7 Å². The van der Waals surface area contributed by atoms with Crippen LogP contribution in [0.25, 0.3) is 0 Å². The fourth-order valence-corrected chi connectivity index (χ4v) is 0.729. The summed E-state index contributed by atoms with van der Waals surface area (Å²) >= 11 is 0. The maximum absolute atomic E-state index is 5.65. The van der Waals surface area contributed by atoms with Crippen LogP contribution in [0.3, 0.4) is 0 Å². The Morgan fingerprint density at radius 3 is 2.25 bits per heavy atom. The summed E-state index contributed by atoms with van der Waals surface area (Å²) in [7, 11) is 0. The van der Waals surface area contributed by atoms with E-state index in [0.717, 1.165) is 25.9 Å². The van der Waals surface area contributed by atoms with Crippen LogP contribution in [0.5, 0.6) is 0 Å². The molecule has 0 N–H and O–H groups in total. The fourth-order valence-electron chi connectivity index (χ4n) is 0.729. The molecule has 0 aliphatic rings. The first-order valence-corrected chi connectivity index (χ1v) is 4.55. The van der Waals surface area contributed by atoms with E-state index in [1.165, 1.54) is 6.42 Å². The average Bonchev–Trinajstić information content (AvgIpc) is 1.99. The second-order valence-corrected chi connectivity index (χ2v) is 3.52. The van der Waals surface area contributed by atoms with Crippen LogP contribution in [0, 0.1) is 6.92 Å². The molecule has 0 spiro atoms. The molecule has 1 nitrogen and oxygen atoms in total. The third kappa shape index (κ3) is 8.65. The smallest absolute Gasteiger partial charge is 0.376 e. The van der Waals surface area contributed by atoms with E-state index in [1.807, 2.05) is 0 Å². The molecule has 0 radical (unpaired) electrons. The fraction of sp³-hybridized carbons (Fsp3) is 0.900. The molecule has 0 aliphatic heterocycles. The van der Waals surface area contributed by atoms with Gasteiger partial charge in [-0.05, 0) is 26.7 Å².